The van der Waals surface area contributed by atoms with Gasteiger partial charge in [0.1, 0.15) is 0 Å². The van der Waals surface area contributed by atoms with Crippen molar-refractivity contribution in [3.63, 3.8) is 0 Å². The van der Waals surface area contributed by atoms with Crippen LogP contribution in [-0.2, 0) is 4.79 Å². The van der Waals surface area contributed by atoms with E-state index in [9.17, 15) is 4.79 Å². The molecule has 3 N–H and O–H groups in total. The molecule has 0 aromatic carbocycles. The first-order valence-electron chi connectivity index (χ1n) is 8.76. The average molecular weight is 305 g/mol. The zero-order valence-electron chi connectivity index (χ0n) is 14.0. The Hall–Kier alpha value is -1.13. The van der Waals surface area contributed by atoms with E-state index in [1.165, 1.54) is 12.0 Å². The van der Waals surface area contributed by atoms with Crippen LogP contribution in [0.3, 0.4) is 0 Å². The Balaban J connectivity index is 1.65. The second-order valence-corrected chi connectivity index (χ2v) is 6.48. The minimum absolute atomic E-state index is 0.0477. The van der Waals surface area contributed by atoms with Gasteiger partial charge >= 0.3 is 0 Å². The highest BCUT2D eigenvalue weighted by Crippen LogP contribution is 2.17. The second kappa shape index (κ2) is 9.11. The van der Waals surface area contributed by atoms with Crippen LogP contribution in [0.1, 0.15) is 46.0 Å². The molecule has 124 valence electrons. The van der Waals surface area contributed by atoms with Crippen molar-refractivity contribution in [2.45, 2.75) is 58.0 Å². The van der Waals surface area contributed by atoms with Gasteiger partial charge in [-0.25, -0.2) is 0 Å². The topological polar surface area (TPSA) is 53.2 Å². The molecular formula is C18H31N3O. The maximum absolute atomic E-state index is 11.9. The van der Waals surface area contributed by atoms with E-state index in [4.69, 9.17) is 0 Å². The number of hydrogen-bond acceptors (Lipinski definition) is 3. The van der Waals surface area contributed by atoms with Crippen molar-refractivity contribution < 1.29 is 4.79 Å². The summed E-state index contributed by atoms with van der Waals surface area (Å²) in [4.78, 5) is 11.9. The zero-order chi connectivity index (χ0) is 15.8. The van der Waals surface area contributed by atoms with Crippen molar-refractivity contribution in [1.82, 2.24) is 16.0 Å². The molecule has 2 heterocycles. The first kappa shape index (κ1) is 17.2. The number of allylic oxidation sites excluding steroid dienone is 2. The maximum atomic E-state index is 11.9. The lowest BCUT2D eigenvalue weighted by Gasteiger charge is -2.14. The van der Waals surface area contributed by atoms with Crippen molar-refractivity contribution in [3.05, 3.63) is 23.8 Å². The van der Waals surface area contributed by atoms with Gasteiger partial charge in [0.2, 0.25) is 5.91 Å². The lowest BCUT2D eigenvalue weighted by Crippen LogP contribution is -2.40. The van der Waals surface area contributed by atoms with Gasteiger partial charge in [0, 0.05) is 12.6 Å². The molecule has 0 aromatic heterocycles. The Morgan fingerprint density at radius 1 is 1.27 bits per heavy atom. The summed E-state index contributed by atoms with van der Waals surface area (Å²) in [5.41, 5.74) is 1.38. The average Bonchev–Trinajstić information content (AvgIpc) is 2.97. The van der Waals surface area contributed by atoms with Gasteiger partial charge in [0.15, 0.2) is 0 Å². The monoisotopic (exact) mass is 305 g/mol. The van der Waals surface area contributed by atoms with E-state index >= 15 is 0 Å². The maximum Gasteiger partial charge on any atom is 0.237 e. The van der Waals surface area contributed by atoms with E-state index in [2.05, 4.69) is 48.0 Å². The van der Waals surface area contributed by atoms with Crippen LogP contribution in [0, 0.1) is 5.92 Å². The Labute approximate surface area is 134 Å². The Morgan fingerprint density at radius 2 is 2.14 bits per heavy atom. The molecule has 2 aliphatic rings. The smallest absolute Gasteiger partial charge is 0.237 e. The van der Waals surface area contributed by atoms with Crippen LogP contribution < -0.4 is 16.0 Å². The first-order chi connectivity index (χ1) is 10.7. The molecule has 2 unspecified atom stereocenters. The van der Waals surface area contributed by atoms with Crippen molar-refractivity contribution in [3.8, 4) is 0 Å². The quantitative estimate of drug-likeness (QED) is 0.520. The van der Waals surface area contributed by atoms with Crippen molar-refractivity contribution in [2.24, 2.45) is 5.92 Å². The van der Waals surface area contributed by atoms with Gasteiger partial charge < -0.3 is 16.0 Å². The normalized spacial score (nSPS) is 29.4. The standard InChI is InChI=1S/C18H31N3O/c1-3-14(2)16-9-8-15(10-13-20-16)6-4-12-21-18(22)17-7-5-11-19-17/h3,8-9,15-17,19-20H,4-7,10-13H2,1-2H3,(H,21,22)/b14-3+/t15?,16?,17-/m0/s1. The molecule has 22 heavy (non-hydrogen) atoms. The third-order valence-corrected chi connectivity index (χ3v) is 4.83. The summed E-state index contributed by atoms with van der Waals surface area (Å²) in [6, 6.07) is 0.440. The molecule has 1 saturated heterocycles. The van der Waals surface area contributed by atoms with E-state index in [1.807, 2.05) is 0 Å². The number of carbonyl (C=O) groups is 1. The lowest BCUT2D eigenvalue weighted by atomic mass is 9.99. The Morgan fingerprint density at radius 3 is 2.86 bits per heavy atom. The number of hydrogen-bond donors (Lipinski definition) is 3. The first-order valence-corrected chi connectivity index (χ1v) is 8.76. The van der Waals surface area contributed by atoms with Crippen LogP contribution >= 0.6 is 0 Å². The van der Waals surface area contributed by atoms with Gasteiger partial charge in [-0.2, -0.15) is 0 Å². The molecule has 0 saturated carbocycles. The molecule has 1 fully saturated rings. The van der Waals surface area contributed by atoms with Crippen LogP contribution in [0.25, 0.3) is 0 Å². The molecule has 0 radical (unpaired) electrons. The number of amides is 1. The fourth-order valence-electron chi connectivity index (χ4n) is 3.20. The van der Waals surface area contributed by atoms with Crippen LogP contribution in [0.5, 0.6) is 0 Å². The summed E-state index contributed by atoms with van der Waals surface area (Å²) in [6.07, 6.45) is 12.3. The number of rotatable bonds is 6. The highest BCUT2D eigenvalue weighted by Gasteiger charge is 2.21. The molecule has 3 atom stereocenters. The molecular weight excluding hydrogens is 274 g/mol. The van der Waals surface area contributed by atoms with Crippen LogP contribution in [0.15, 0.2) is 23.8 Å². The molecule has 0 aliphatic carbocycles. The van der Waals surface area contributed by atoms with Crippen LogP contribution in [0.4, 0.5) is 0 Å². The molecule has 0 aromatic rings. The van der Waals surface area contributed by atoms with Crippen LogP contribution in [0.2, 0.25) is 0 Å². The Kier molecular flexibility index (Phi) is 7.13. The van der Waals surface area contributed by atoms with Gasteiger partial charge in [0.05, 0.1) is 6.04 Å². The minimum Gasteiger partial charge on any atom is -0.355 e. The van der Waals surface area contributed by atoms with Gasteiger partial charge in [-0.1, -0.05) is 23.8 Å². The van der Waals surface area contributed by atoms with Crippen molar-refractivity contribution >= 4 is 5.91 Å². The molecule has 2 rings (SSSR count). The summed E-state index contributed by atoms with van der Waals surface area (Å²) in [5.74, 6) is 0.808. The predicted octanol–water partition coefficient (Wildman–Crippen LogP) is 2.14. The van der Waals surface area contributed by atoms with Gasteiger partial charge in [-0.3, -0.25) is 4.79 Å². The minimum atomic E-state index is 0.0477. The summed E-state index contributed by atoms with van der Waals surface area (Å²) >= 11 is 0. The number of carbonyl (C=O) groups excluding carboxylic acids is 1. The summed E-state index contributed by atoms with van der Waals surface area (Å²) in [7, 11) is 0. The van der Waals surface area contributed by atoms with Gasteiger partial charge in [-0.05, 0) is 65.0 Å². The third-order valence-electron chi connectivity index (χ3n) is 4.83. The SMILES string of the molecule is C/C=C(\C)C1C=CC(CCCNC(=O)[C@@H]2CCCN2)CCN1. The van der Waals surface area contributed by atoms with E-state index in [0.29, 0.717) is 12.0 Å². The third kappa shape index (κ3) is 5.25. The fourth-order valence-corrected chi connectivity index (χ4v) is 3.20. The van der Waals surface area contributed by atoms with Gasteiger partial charge in [0.25, 0.3) is 0 Å². The molecule has 2 aliphatic heterocycles. The summed E-state index contributed by atoms with van der Waals surface area (Å²) < 4.78 is 0. The molecule has 1 amide bonds. The number of nitrogens with one attached hydrogen (secondary N) is 3. The summed E-state index contributed by atoms with van der Waals surface area (Å²) in [5, 5.41) is 9.88. The zero-order valence-corrected chi connectivity index (χ0v) is 14.0. The molecule has 4 nitrogen and oxygen atoms in total. The Bertz CT molecular complexity index is 411. The van der Waals surface area contributed by atoms with E-state index in [0.717, 1.165) is 45.3 Å². The predicted molar refractivity (Wildman–Crippen MR) is 91.7 cm³/mol. The van der Waals surface area contributed by atoms with Crippen molar-refractivity contribution in [1.29, 1.82) is 0 Å². The summed E-state index contributed by atoms with van der Waals surface area (Å²) in [6.45, 7) is 7.10. The lowest BCUT2D eigenvalue weighted by molar-refractivity contribution is -0.122. The van der Waals surface area contributed by atoms with E-state index < -0.39 is 0 Å². The highest BCUT2D eigenvalue weighted by molar-refractivity contribution is 5.81. The van der Waals surface area contributed by atoms with Crippen LogP contribution in [-0.4, -0.2) is 37.6 Å². The largest absolute Gasteiger partial charge is 0.355 e. The molecule has 4 heteroatoms. The van der Waals surface area contributed by atoms with Gasteiger partial charge in [-0.15, -0.1) is 0 Å². The fraction of sp³-hybridized carbons (Fsp3) is 0.722. The highest BCUT2D eigenvalue weighted by atomic mass is 16.2. The molecule has 0 spiro atoms. The second-order valence-electron chi connectivity index (χ2n) is 6.48. The molecule has 0 bridgehead atoms. The van der Waals surface area contributed by atoms with Crippen molar-refractivity contribution in [2.75, 3.05) is 19.6 Å². The van der Waals surface area contributed by atoms with E-state index in [1.54, 1.807) is 0 Å². The van der Waals surface area contributed by atoms with E-state index in [-0.39, 0.29) is 11.9 Å².